The van der Waals surface area contributed by atoms with Crippen LogP contribution < -0.4 is 15.5 Å². The highest BCUT2D eigenvalue weighted by Gasteiger charge is 2.21. The summed E-state index contributed by atoms with van der Waals surface area (Å²) in [6, 6.07) is 13.0. The molecular weight excluding hydrogens is 380 g/mol. The number of carbonyl (C=O) groups is 1. The number of hydrogen-bond acceptors (Lipinski definition) is 5. The number of nitrogens with zero attached hydrogens (tertiary/aromatic N) is 4. The summed E-state index contributed by atoms with van der Waals surface area (Å²) >= 11 is 0. The van der Waals surface area contributed by atoms with Crippen molar-refractivity contribution in [2.75, 3.05) is 49.5 Å². The van der Waals surface area contributed by atoms with E-state index >= 15 is 0 Å². The van der Waals surface area contributed by atoms with Gasteiger partial charge in [0, 0.05) is 44.8 Å². The second-order valence-electron chi connectivity index (χ2n) is 7.16. The normalized spacial score (nSPS) is 14.5. The van der Waals surface area contributed by atoms with Gasteiger partial charge in [0.1, 0.15) is 11.6 Å². The van der Waals surface area contributed by atoms with Crippen molar-refractivity contribution in [2.45, 2.75) is 20.3 Å². The summed E-state index contributed by atoms with van der Waals surface area (Å²) in [5, 5.41) is 16.2. The van der Waals surface area contributed by atoms with E-state index in [1.54, 1.807) is 12.1 Å². The number of anilines is 2. The Balaban J connectivity index is 1.52. The van der Waals surface area contributed by atoms with E-state index in [9.17, 15) is 9.90 Å². The third-order valence-electron chi connectivity index (χ3n) is 4.89. The van der Waals surface area contributed by atoms with Crippen LogP contribution in [-0.4, -0.2) is 66.1 Å². The van der Waals surface area contributed by atoms with Gasteiger partial charge in [0.15, 0.2) is 5.96 Å². The molecule has 0 bridgehead atoms. The number of phenolic OH excluding ortho intramolecular Hbond substituents is 1. The van der Waals surface area contributed by atoms with E-state index in [2.05, 4.69) is 30.4 Å². The molecule has 0 saturated carbocycles. The van der Waals surface area contributed by atoms with Crippen LogP contribution in [0.15, 0.2) is 47.5 Å². The molecule has 30 heavy (non-hydrogen) atoms. The lowest BCUT2D eigenvalue weighted by atomic mass is 10.2. The van der Waals surface area contributed by atoms with E-state index in [1.165, 1.54) is 0 Å². The van der Waals surface area contributed by atoms with Crippen LogP contribution in [0.3, 0.4) is 0 Å². The molecule has 3 N–H and O–H groups in total. The number of guanidine groups is 1. The van der Waals surface area contributed by atoms with Crippen LogP contribution in [0, 0.1) is 6.92 Å². The van der Waals surface area contributed by atoms with Gasteiger partial charge in [-0.2, -0.15) is 0 Å². The quantitative estimate of drug-likeness (QED) is 0.499. The molecule has 0 atom stereocenters. The number of aliphatic imine (C=N–C) groups is 1. The third-order valence-corrected chi connectivity index (χ3v) is 4.89. The molecule has 1 fully saturated rings. The number of carbonyl (C=O) groups excluding carboxylic acids is 1. The number of pyridine rings is 1. The van der Waals surface area contributed by atoms with Crippen molar-refractivity contribution in [2.24, 2.45) is 4.99 Å². The standard InChI is InChI=1S/C22H30N6O2/c1-3-23-22(24-12-11-21(30)26-20-10-6-7-17(2)25-20)28-15-13-27(14-16-28)18-8-4-5-9-19(18)29/h4-10,29H,3,11-16H2,1-2H3,(H,23,24)(H,25,26,30). The molecule has 1 amide bonds. The van der Waals surface area contributed by atoms with Crippen LogP contribution in [0.1, 0.15) is 19.0 Å². The molecule has 1 aromatic heterocycles. The molecule has 0 radical (unpaired) electrons. The van der Waals surface area contributed by atoms with Crippen LogP contribution in [0.4, 0.5) is 11.5 Å². The number of rotatable bonds is 6. The Morgan fingerprint density at radius 1 is 1.13 bits per heavy atom. The van der Waals surface area contributed by atoms with Crippen molar-refractivity contribution in [1.82, 2.24) is 15.2 Å². The topological polar surface area (TPSA) is 93.1 Å². The van der Waals surface area contributed by atoms with Crippen LogP contribution in [0.25, 0.3) is 0 Å². The molecule has 0 aliphatic carbocycles. The zero-order valence-corrected chi connectivity index (χ0v) is 17.6. The van der Waals surface area contributed by atoms with Gasteiger partial charge in [-0.1, -0.05) is 18.2 Å². The number of piperazine rings is 1. The average Bonchev–Trinajstić information content (AvgIpc) is 2.74. The van der Waals surface area contributed by atoms with Crippen LogP contribution in [0.5, 0.6) is 5.75 Å². The van der Waals surface area contributed by atoms with Crippen LogP contribution in [0.2, 0.25) is 0 Å². The molecule has 2 aromatic rings. The highest BCUT2D eigenvalue weighted by atomic mass is 16.3. The molecule has 0 unspecified atom stereocenters. The fraction of sp³-hybridized carbons (Fsp3) is 0.409. The summed E-state index contributed by atoms with van der Waals surface area (Å²) in [5.41, 5.74) is 1.73. The van der Waals surface area contributed by atoms with Gasteiger partial charge in [-0.15, -0.1) is 0 Å². The summed E-state index contributed by atoms with van der Waals surface area (Å²) in [6.45, 7) is 8.26. The minimum Gasteiger partial charge on any atom is -0.506 e. The Morgan fingerprint density at radius 2 is 1.90 bits per heavy atom. The average molecular weight is 411 g/mol. The maximum absolute atomic E-state index is 12.2. The number of benzene rings is 1. The van der Waals surface area contributed by atoms with Gasteiger partial charge in [-0.25, -0.2) is 4.98 Å². The maximum atomic E-state index is 12.2. The number of para-hydroxylation sites is 2. The lowest BCUT2D eigenvalue weighted by Crippen LogP contribution is -2.52. The van der Waals surface area contributed by atoms with Gasteiger partial charge in [0.25, 0.3) is 0 Å². The van der Waals surface area contributed by atoms with Gasteiger partial charge in [0.05, 0.1) is 12.2 Å². The molecular formula is C22H30N6O2. The van der Waals surface area contributed by atoms with Crippen molar-refractivity contribution in [3.63, 3.8) is 0 Å². The number of phenols is 1. The molecule has 8 nitrogen and oxygen atoms in total. The van der Waals surface area contributed by atoms with Crippen molar-refractivity contribution < 1.29 is 9.90 Å². The van der Waals surface area contributed by atoms with Gasteiger partial charge >= 0.3 is 0 Å². The molecule has 8 heteroatoms. The number of aromatic nitrogens is 1. The summed E-state index contributed by atoms with van der Waals surface area (Å²) in [4.78, 5) is 25.5. The number of amides is 1. The highest BCUT2D eigenvalue weighted by Crippen LogP contribution is 2.27. The van der Waals surface area contributed by atoms with Gasteiger partial charge in [0.2, 0.25) is 5.91 Å². The second-order valence-corrected chi connectivity index (χ2v) is 7.16. The van der Waals surface area contributed by atoms with E-state index < -0.39 is 0 Å². The monoisotopic (exact) mass is 410 g/mol. The Labute approximate surface area is 177 Å². The van der Waals surface area contributed by atoms with Crippen molar-refractivity contribution >= 4 is 23.4 Å². The first-order chi connectivity index (χ1) is 14.6. The molecule has 1 aliphatic rings. The smallest absolute Gasteiger partial charge is 0.227 e. The van der Waals surface area contributed by atoms with E-state index in [1.807, 2.05) is 44.2 Å². The van der Waals surface area contributed by atoms with Crippen LogP contribution in [-0.2, 0) is 4.79 Å². The zero-order valence-electron chi connectivity index (χ0n) is 17.6. The fourth-order valence-corrected chi connectivity index (χ4v) is 3.40. The number of nitrogens with one attached hydrogen (secondary N) is 2. The van der Waals surface area contributed by atoms with Crippen molar-refractivity contribution in [3.8, 4) is 5.75 Å². The molecule has 2 heterocycles. The van der Waals surface area contributed by atoms with Gasteiger partial charge in [-0.3, -0.25) is 9.79 Å². The predicted octanol–water partition coefficient (Wildman–Crippen LogP) is 2.21. The van der Waals surface area contributed by atoms with E-state index in [0.29, 0.717) is 24.5 Å². The number of aryl methyl sites for hydroxylation is 1. The van der Waals surface area contributed by atoms with Gasteiger partial charge < -0.3 is 25.5 Å². The van der Waals surface area contributed by atoms with Crippen molar-refractivity contribution in [3.05, 3.63) is 48.2 Å². The third kappa shape index (κ3) is 5.85. The summed E-state index contributed by atoms with van der Waals surface area (Å²) in [6.07, 6.45) is 0.294. The zero-order chi connectivity index (χ0) is 21.3. The largest absolute Gasteiger partial charge is 0.506 e. The van der Waals surface area contributed by atoms with Crippen LogP contribution >= 0.6 is 0 Å². The fourth-order valence-electron chi connectivity index (χ4n) is 3.40. The minimum atomic E-state index is -0.0999. The molecule has 1 saturated heterocycles. The first-order valence-corrected chi connectivity index (χ1v) is 10.4. The lowest BCUT2D eigenvalue weighted by Gasteiger charge is -2.37. The Kier molecular flexibility index (Phi) is 7.48. The Morgan fingerprint density at radius 3 is 2.60 bits per heavy atom. The maximum Gasteiger partial charge on any atom is 0.227 e. The predicted molar refractivity (Wildman–Crippen MR) is 120 cm³/mol. The lowest BCUT2D eigenvalue weighted by molar-refractivity contribution is -0.116. The minimum absolute atomic E-state index is 0.0999. The first kappa shape index (κ1) is 21.4. The number of aromatic hydroxyl groups is 1. The molecule has 3 rings (SSSR count). The SMILES string of the molecule is CCNC(=NCCC(=O)Nc1cccc(C)n1)N1CCN(c2ccccc2O)CC1. The first-order valence-electron chi connectivity index (χ1n) is 10.4. The summed E-state index contributed by atoms with van der Waals surface area (Å²) < 4.78 is 0. The molecule has 160 valence electrons. The van der Waals surface area contributed by atoms with E-state index in [-0.39, 0.29) is 5.91 Å². The van der Waals surface area contributed by atoms with E-state index in [0.717, 1.165) is 50.1 Å². The molecule has 0 spiro atoms. The highest BCUT2D eigenvalue weighted by molar-refractivity contribution is 5.90. The van der Waals surface area contributed by atoms with Crippen molar-refractivity contribution in [1.29, 1.82) is 0 Å². The van der Waals surface area contributed by atoms with E-state index in [4.69, 9.17) is 0 Å². The second kappa shape index (κ2) is 10.5. The summed E-state index contributed by atoms with van der Waals surface area (Å²) in [5.74, 6) is 1.59. The Bertz CT molecular complexity index is 877. The molecule has 1 aromatic carbocycles. The number of hydrogen-bond donors (Lipinski definition) is 3. The molecule has 1 aliphatic heterocycles. The summed E-state index contributed by atoms with van der Waals surface area (Å²) in [7, 11) is 0. The Hall–Kier alpha value is -3.29. The van der Waals surface area contributed by atoms with Gasteiger partial charge in [-0.05, 0) is 38.1 Å².